The summed E-state index contributed by atoms with van der Waals surface area (Å²) in [6, 6.07) is 10.0. The molecule has 0 amide bonds. The number of piperidine rings is 1. The first-order chi connectivity index (χ1) is 20.3. The van der Waals surface area contributed by atoms with E-state index in [1.165, 1.54) is 6.07 Å². The van der Waals surface area contributed by atoms with E-state index in [-0.39, 0.29) is 36.2 Å². The Labute approximate surface area is 240 Å². The molecule has 2 aliphatic heterocycles. The molecule has 3 atom stereocenters. The van der Waals surface area contributed by atoms with Crippen molar-refractivity contribution in [3.05, 3.63) is 77.5 Å². The number of hydrogen-bond acceptors (Lipinski definition) is 8. The molecule has 220 valence electrons. The van der Waals surface area contributed by atoms with Crippen molar-refractivity contribution in [2.75, 3.05) is 13.2 Å². The van der Waals surface area contributed by atoms with E-state index in [9.17, 15) is 18.7 Å². The Kier molecular flexibility index (Phi) is 7.98. The van der Waals surface area contributed by atoms with Crippen molar-refractivity contribution in [1.29, 1.82) is 0 Å². The lowest BCUT2D eigenvalue weighted by molar-refractivity contribution is -0.0593. The second-order valence-corrected chi connectivity index (χ2v) is 10.7. The molecule has 12 heteroatoms. The van der Waals surface area contributed by atoms with Gasteiger partial charge in [0.1, 0.15) is 24.4 Å². The van der Waals surface area contributed by atoms with Gasteiger partial charge >= 0.3 is 5.97 Å². The molecular weight excluding hydrogens is 548 g/mol. The van der Waals surface area contributed by atoms with E-state index in [2.05, 4.69) is 26.4 Å². The predicted octanol–water partition coefficient (Wildman–Crippen LogP) is 4.60. The van der Waals surface area contributed by atoms with Gasteiger partial charge in [0, 0.05) is 37.5 Å². The number of rotatable bonds is 10. The second-order valence-electron chi connectivity index (χ2n) is 10.7. The van der Waals surface area contributed by atoms with Crippen molar-refractivity contribution < 1.29 is 32.9 Å². The minimum Gasteiger partial charge on any atom is -0.483 e. The third-order valence-electron chi connectivity index (χ3n) is 7.78. The van der Waals surface area contributed by atoms with Gasteiger partial charge in [0.15, 0.2) is 17.4 Å². The van der Waals surface area contributed by atoms with Crippen molar-refractivity contribution in [2.45, 2.75) is 64.1 Å². The molecule has 2 aromatic carbocycles. The molecule has 6 rings (SSSR count). The number of fused-ring (bicyclic) bond motifs is 1. The first-order valence-electron chi connectivity index (χ1n) is 14.0. The Morgan fingerprint density at radius 2 is 2.00 bits per heavy atom. The average Bonchev–Trinajstić information content (AvgIpc) is 3.28. The normalized spacial score (nSPS) is 20.8. The lowest BCUT2D eigenvalue weighted by atomic mass is 10.0. The molecule has 2 fully saturated rings. The highest BCUT2D eigenvalue weighted by Crippen LogP contribution is 2.27. The van der Waals surface area contributed by atoms with Crippen molar-refractivity contribution in [3.63, 3.8) is 0 Å². The summed E-state index contributed by atoms with van der Waals surface area (Å²) in [5, 5.41) is 9.50. The van der Waals surface area contributed by atoms with Crippen LogP contribution in [0.15, 0.2) is 48.7 Å². The van der Waals surface area contributed by atoms with Crippen LogP contribution in [0.25, 0.3) is 11.0 Å². The smallest absolute Gasteiger partial charge is 0.335 e. The molecule has 0 spiro atoms. The van der Waals surface area contributed by atoms with Gasteiger partial charge in [-0.3, -0.25) is 4.90 Å². The Morgan fingerprint density at radius 3 is 2.74 bits per heavy atom. The van der Waals surface area contributed by atoms with Crippen LogP contribution in [-0.4, -0.2) is 66.9 Å². The largest absolute Gasteiger partial charge is 0.483 e. The maximum atomic E-state index is 13.9. The number of aromatic carboxylic acids is 1. The van der Waals surface area contributed by atoms with Gasteiger partial charge in [0.2, 0.25) is 5.88 Å². The number of carboxylic acids is 1. The van der Waals surface area contributed by atoms with E-state index in [0.29, 0.717) is 24.8 Å². The number of carbonyl (C=O) groups is 1. The Morgan fingerprint density at radius 1 is 1.14 bits per heavy atom. The molecule has 2 saturated heterocycles. The summed E-state index contributed by atoms with van der Waals surface area (Å²) in [6.07, 6.45) is 4.12. The highest BCUT2D eigenvalue weighted by molar-refractivity contribution is 5.92. The number of nitrogens with zero attached hydrogens (tertiary/aromatic N) is 5. The number of halogens is 2. The Balaban J connectivity index is 1.09. The summed E-state index contributed by atoms with van der Waals surface area (Å²) in [7, 11) is 0. The number of aromatic nitrogens is 4. The molecule has 0 bridgehead atoms. The molecule has 0 unspecified atom stereocenters. The second kappa shape index (κ2) is 12.0. The first kappa shape index (κ1) is 28.0. The predicted molar refractivity (Wildman–Crippen MR) is 147 cm³/mol. The third-order valence-corrected chi connectivity index (χ3v) is 7.78. The molecule has 0 saturated carbocycles. The zero-order valence-corrected chi connectivity index (χ0v) is 23.1. The maximum absolute atomic E-state index is 13.9. The topological polar surface area (TPSA) is 112 Å². The van der Waals surface area contributed by atoms with Gasteiger partial charge < -0.3 is 23.9 Å². The van der Waals surface area contributed by atoms with Crippen LogP contribution in [0.4, 0.5) is 8.78 Å². The fraction of sp³-hybridized carbons (Fsp3) is 0.400. The lowest BCUT2D eigenvalue weighted by Gasteiger charge is -2.37. The van der Waals surface area contributed by atoms with E-state index in [1.54, 1.807) is 30.5 Å². The highest BCUT2D eigenvalue weighted by Gasteiger charge is 2.29. The zero-order valence-electron chi connectivity index (χ0n) is 23.1. The summed E-state index contributed by atoms with van der Waals surface area (Å²) < 4.78 is 46.4. The Hall–Kier alpha value is -4.16. The summed E-state index contributed by atoms with van der Waals surface area (Å²) >= 11 is 0. The van der Waals surface area contributed by atoms with Crippen molar-refractivity contribution in [2.24, 2.45) is 0 Å². The standard InChI is InChI=1S/C30H31F2N5O5/c1-18-12-21(42-29-6-9-33-27(35-29)17-41-26-5-3-20(31)14-23(26)32)7-10-36(18)16-28-34-24-4-2-19(30(38)39)13-25(24)37(28)15-22-8-11-40-22/h2-6,9,13-14,18,21-22H,7-8,10-12,15-17H2,1H3,(H,38,39)/t18-,21-,22+/m0/s1. The fourth-order valence-electron chi connectivity index (χ4n) is 5.38. The van der Waals surface area contributed by atoms with E-state index in [4.69, 9.17) is 19.2 Å². The minimum absolute atomic E-state index is 0.0604. The fourth-order valence-corrected chi connectivity index (χ4v) is 5.38. The summed E-state index contributed by atoms with van der Waals surface area (Å²) in [4.78, 5) is 27.4. The van der Waals surface area contributed by atoms with Crippen LogP contribution in [0.3, 0.4) is 0 Å². The number of carboxylic acid groups (broad SMARTS) is 1. The molecule has 1 N–H and O–H groups in total. The molecule has 2 aliphatic rings. The van der Waals surface area contributed by atoms with Gasteiger partial charge in [0.25, 0.3) is 0 Å². The summed E-state index contributed by atoms with van der Waals surface area (Å²) in [5.74, 6) is -0.904. The van der Waals surface area contributed by atoms with Gasteiger partial charge in [-0.05, 0) is 56.5 Å². The number of hydrogen-bond donors (Lipinski definition) is 1. The van der Waals surface area contributed by atoms with Gasteiger partial charge in [-0.2, -0.15) is 4.98 Å². The zero-order chi connectivity index (χ0) is 29.2. The van der Waals surface area contributed by atoms with Gasteiger partial charge in [-0.1, -0.05) is 0 Å². The van der Waals surface area contributed by atoms with Crippen LogP contribution >= 0.6 is 0 Å². The van der Waals surface area contributed by atoms with Gasteiger partial charge in [-0.25, -0.2) is 23.5 Å². The van der Waals surface area contributed by atoms with E-state index >= 15 is 0 Å². The van der Waals surface area contributed by atoms with Gasteiger partial charge in [-0.15, -0.1) is 0 Å². The molecule has 4 heterocycles. The van der Waals surface area contributed by atoms with Crippen molar-refractivity contribution >= 4 is 17.0 Å². The number of imidazole rings is 1. The summed E-state index contributed by atoms with van der Waals surface area (Å²) in [6.45, 7) is 4.83. The molecule has 0 aliphatic carbocycles. The molecular formula is C30H31F2N5O5. The minimum atomic E-state index is -0.966. The average molecular weight is 580 g/mol. The number of benzene rings is 2. The summed E-state index contributed by atoms with van der Waals surface area (Å²) in [5.41, 5.74) is 1.81. The van der Waals surface area contributed by atoms with E-state index < -0.39 is 17.6 Å². The molecule has 0 radical (unpaired) electrons. The van der Waals surface area contributed by atoms with Crippen LogP contribution in [0, 0.1) is 11.6 Å². The van der Waals surface area contributed by atoms with Crippen LogP contribution in [0.2, 0.25) is 0 Å². The molecule has 10 nitrogen and oxygen atoms in total. The SMILES string of the molecule is C[C@H]1C[C@@H](Oc2ccnc(COc3ccc(F)cc3F)n2)CCN1Cc1nc2ccc(C(=O)O)cc2n1C[C@H]1CCO1. The molecule has 42 heavy (non-hydrogen) atoms. The number of ether oxygens (including phenoxy) is 3. The lowest BCUT2D eigenvalue weighted by Crippen LogP contribution is -2.44. The molecule has 4 aromatic rings. The van der Waals surface area contributed by atoms with Crippen LogP contribution in [0.5, 0.6) is 11.6 Å². The van der Waals surface area contributed by atoms with Crippen molar-refractivity contribution in [3.8, 4) is 11.6 Å². The van der Waals surface area contributed by atoms with Gasteiger partial charge in [0.05, 0.1) is 35.8 Å². The van der Waals surface area contributed by atoms with E-state index in [1.807, 2.05) is 0 Å². The maximum Gasteiger partial charge on any atom is 0.335 e. The quantitative estimate of drug-likeness (QED) is 0.288. The van der Waals surface area contributed by atoms with E-state index in [0.717, 1.165) is 61.4 Å². The van der Waals surface area contributed by atoms with Crippen LogP contribution in [-0.2, 0) is 24.4 Å². The Bertz CT molecular complexity index is 1590. The highest BCUT2D eigenvalue weighted by atomic mass is 19.1. The molecule has 2 aromatic heterocycles. The third kappa shape index (κ3) is 6.19. The monoisotopic (exact) mass is 579 g/mol. The van der Waals surface area contributed by atoms with Crippen molar-refractivity contribution in [1.82, 2.24) is 24.4 Å². The van der Waals surface area contributed by atoms with Crippen LogP contribution in [0.1, 0.15) is 48.2 Å². The van der Waals surface area contributed by atoms with Crippen LogP contribution < -0.4 is 9.47 Å². The first-order valence-corrected chi connectivity index (χ1v) is 14.0. The number of likely N-dealkylation sites (tertiary alicyclic amines) is 1.